The molecule has 0 spiro atoms. The average Bonchev–Trinajstić information content (AvgIpc) is 3.24. The minimum absolute atomic E-state index is 0.0115. The highest BCUT2D eigenvalue weighted by atomic mass is 35.5. The van der Waals surface area contributed by atoms with Gasteiger partial charge in [0.2, 0.25) is 11.7 Å². The van der Waals surface area contributed by atoms with Gasteiger partial charge in [0.25, 0.3) is 5.91 Å². The molecule has 0 atom stereocenters. The Hall–Kier alpha value is -2.93. The predicted octanol–water partition coefficient (Wildman–Crippen LogP) is 4.62. The Bertz CT molecular complexity index is 1030. The van der Waals surface area contributed by atoms with Crippen LogP contribution in [0.1, 0.15) is 30.2 Å². The molecule has 156 valence electrons. The van der Waals surface area contributed by atoms with Gasteiger partial charge in [-0.25, -0.2) is 4.39 Å². The van der Waals surface area contributed by atoms with Crippen LogP contribution in [0, 0.1) is 12.7 Å². The van der Waals surface area contributed by atoms with Crippen molar-refractivity contribution < 1.29 is 18.4 Å². The number of rotatable bonds is 5. The second-order valence-corrected chi connectivity index (χ2v) is 7.75. The lowest BCUT2D eigenvalue weighted by molar-refractivity contribution is -0.134. The van der Waals surface area contributed by atoms with Crippen molar-refractivity contribution >= 4 is 17.5 Å². The molecule has 0 saturated carbocycles. The van der Waals surface area contributed by atoms with E-state index in [2.05, 4.69) is 10.1 Å². The van der Waals surface area contributed by atoms with Crippen LogP contribution in [0.3, 0.4) is 0 Å². The van der Waals surface area contributed by atoms with Gasteiger partial charge in [-0.1, -0.05) is 16.8 Å². The summed E-state index contributed by atoms with van der Waals surface area (Å²) < 4.78 is 24.2. The van der Waals surface area contributed by atoms with Gasteiger partial charge in [-0.3, -0.25) is 4.79 Å². The van der Waals surface area contributed by atoms with Gasteiger partial charge in [0.1, 0.15) is 11.6 Å². The van der Waals surface area contributed by atoms with Gasteiger partial charge in [-0.05, 0) is 67.8 Å². The van der Waals surface area contributed by atoms with Crippen LogP contribution in [0.5, 0.6) is 5.75 Å². The first-order chi connectivity index (χ1) is 14.5. The fraction of sp³-hybridized carbons (Fsp3) is 0.318. The lowest BCUT2D eigenvalue weighted by atomic mass is 9.97. The molecule has 1 aliphatic rings. The van der Waals surface area contributed by atoms with Crippen molar-refractivity contribution in [2.75, 3.05) is 19.7 Å². The van der Waals surface area contributed by atoms with Crippen LogP contribution >= 0.6 is 11.6 Å². The Morgan fingerprint density at radius 1 is 1.23 bits per heavy atom. The van der Waals surface area contributed by atoms with E-state index >= 15 is 0 Å². The molecular formula is C22H21ClFN3O3. The molecule has 1 aliphatic heterocycles. The summed E-state index contributed by atoms with van der Waals surface area (Å²) in [4.78, 5) is 18.8. The highest BCUT2D eigenvalue weighted by molar-refractivity contribution is 6.30. The lowest BCUT2D eigenvalue weighted by Gasteiger charge is -2.30. The number of hydrogen-bond acceptors (Lipinski definition) is 5. The van der Waals surface area contributed by atoms with E-state index in [-0.39, 0.29) is 24.2 Å². The molecule has 2 heterocycles. The summed E-state index contributed by atoms with van der Waals surface area (Å²) in [5.74, 6) is 1.37. The van der Waals surface area contributed by atoms with Crippen molar-refractivity contribution in [2.45, 2.75) is 25.7 Å². The minimum Gasteiger partial charge on any atom is -0.483 e. The number of carbonyl (C=O) groups is 1. The molecule has 4 rings (SSSR count). The number of likely N-dealkylation sites (tertiary alicyclic amines) is 1. The van der Waals surface area contributed by atoms with Crippen molar-refractivity contribution in [1.29, 1.82) is 0 Å². The second kappa shape index (κ2) is 8.83. The largest absolute Gasteiger partial charge is 0.483 e. The Labute approximate surface area is 178 Å². The number of hydrogen-bond donors (Lipinski definition) is 0. The van der Waals surface area contributed by atoms with Crippen molar-refractivity contribution in [3.05, 3.63) is 64.8 Å². The fourth-order valence-corrected chi connectivity index (χ4v) is 3.73. The molecule has 30 heavy (non-hydrogen) atoms. The number of halogens is 2. The summed E-state index contributed by atoms with van der Waals surface area (Å²) in [5.41, 5.74) is 1.59. The van der Waals surface area contributed by atoms with E-state index in [1.54, 1.807) is 35.2 Å². The standard InChI is InChI=1S/C22H21ClFN3O3/c1-14-12-17(23)4-7-19(14)29-13-20(28)27-10-8-16(9-11-27)22-25-21(26-30-22)15-2-5-18(24)6-3-15/h2-7,12,16H,8-11,13H2,1H3. The summed E-state index contributed by atoms with van der Waals surface area (Å²) in [6.45, 7) is 3.08. The second-order valence-electron chi connectivity index (χ2n) is 7.32. The van der Waals surface area contributed by atoms with Crippen LogP contribution in [0.15, 0.2) is 47.0 Å². The van der Waals surface area contributed by atoms with Crippen molar-refractivity contribution in [1.82, 2.24) is 15.0 Å². The molecule has 0 bridgehead atoms. The first kappa shape index (κ1) is 20.3. The summed E-state index contributed by atoms with van der Waals surface area (Å²) in [6.07, 6.45) is 1.47. The van der Waals surface area contributed by atoms with Crippen LogP contribution in [0.25, 0.3) is 11.4 Å². The molecule has 1 saturated heterocycles. The Kier molecular flexibility index (Phi) is 5.99. The van der Waals surface area contributed by atoms with Crippen molar-refractivity contribution in [3.8, 4) is 17.1 Å². The molecule has 0 N–H and O–H groups in total. The van der Waals surface area contributed by atoms with Gasteiger partial charge in [0.05, 0.1) is 0 Å². The summed E-state index contributed by atoms with van der Waals surface area (Å²) >= 11 is 5.95. The predicted molar refractivity (Wildman–Crippen MR) is 110 cm³/mol. The van der Waals surface area contributed by atoms with E-state index < -0.39 is 0 Å². The molecule has 1 fully saturated rings. The topological polar surface area (TPSA) is 68.5 Å². The van der Waals surface area contributed by atoms with E-state index in [9.17, 15) is 9.18 Å². The molecule has 0 radical (unpaired) electrons. The van der Waals surface area contributed by atoms with Crippen LogP contribution in [-0.4, -0.2) is 40.6 Å². The molecule has 3 aromatic rings. The smallest absolute Gasteiger partial charge is 0.260 e. The molecular weight excluding hydrogens is 409 g/mol. The van der Waals surface area contributed by atoms with E-state index in [4.69, 9.17) is 20.9 Å². The van der Waals surface area contributed by atoms with Crippen molar-refractivity contribution in [3.63, 3.8) is 0 Å². The Balaban J connectivity index is 1.30. The third kappa shape index (κ3) is 4.62. The van der Waals surface area contributed by atoms with E-state index in [0.29, 0.717) is 41.1 Å². The summed E-state index contributed by atoms with van der Waals surface area (Å²) in [7, 11) is 0. The maximum absolute atomic E-state index is 13.1. The van der Waals surface area contributed by atoms with Crippen LogP contribution in [0.4, 0.5) is 4.39 Å². The normalized spacial score (nSPS) is 14.7. The molecule has 0 unspecified atom stereocenters. The monoisotopic (exact) mass is 429 g/mol. The highest BCUT2D eigenvalue weighted by Crippen LogP contribution is 2.29. The number of benzene rings is 2. The Morgan fingerprint density at radius 3 is 2.67 bits per heavy atom. The quantitative estimate of drug-likeness (QED) is 0.591. The fourth-order valence-electron chi connectivity index (χ4n) is 3.50. The zero-order chi connectivity index (χ0) is 21.1. The van der Waals surface area contributed by atoms with Gasteiger partial charge in [-0.2, -0.15) is 4.98 Å². The first-order valence-corrected chi connectivity index (χ1v) is 10.1. The number of nitrogens with zero attached hydrogens (tertiary/aromatic N) is 3. The number of piperidine rings is 1. The van der Waals surface area contributed by atoms with Crippen LogP contribution < -0.4 is 4.74 Å². The zero-order valence-electron chi connectivity index (χ0n) is 16.5. The minimum atomic E-state index is -0.310. The number of aryl methyl sites for hydroxylation is 1. The summed E-state index contributed by atoms with van der Waals surface area (Å²) in [5, 5.41) is 4.64. The third-order valence-electron chi connectivity index (χ3n) is 5.23. The SMILES string of the molecule is Cc1cc(Cl)ccc1OCC(=O)N1CCC(c2nc(-c3ccc(F)cc3)no2)CC1. The van der Waals surface area contributed by atoms with Gasteiger partial charge >= 0.3 is 0 Å². The van der Waals surface area contributed by atoms with Gasteiger partial charge < -0.3 is 14.2 Å². The van der Waals surface area contributed by atoms with Crippen LogP contribution in [0.2, 0.25) is 5.02 Å². The number of ether oxygens (including phenoxy) is 1. The van der Waals surface area contributed by atoms with Crippen LogP contribution in [-0.2, 0) is 4.79 Å². The maximum atomic E-state index is 13.1. The molecule has 6 nitrogen and oxygen atoms in total. The first-order valence-electron chi connectivity index (χ1n) is 9.76. The summed E-state index contributed by atoms with van der Waals surface area (Å²) in [6, 6.07) is 11.3. The number of amides is 1. The molecule has 2 aromatic carbocycles. The highest BCUT2D eigenvalue weighted by Gasteiger charge is 2.28. The molecule has 0 aliphatic carbocycles. The lowest BCUT2D eigenvalue weighted by Crippen LogP contribution is -2.40. The number of aromatic nitrogens is 2. The average molecular weight is 430 g/mol. The Morgan fingerprint density at radius 2 is 1.97 bits per heavy atom. The molecule has 1 amide bonds. The molecule has 1 aromatic heterocycles. The van der Waals surface area contributed by atoms with Gasteiger partial charge in [0.15, 0.2) is 6.61 Å². The molecule has 8 heteroatoms. The third-order valence-corrected chi connectivity index (χ3v) is 5.46. The van der Waals surface area contributed by atoms with Crippen molar-refractivity contribution in [2.24, 2.45) is 0 Å². The number of carbonyl (C=O) groups excluding carboxylic acids is 1. The van der Waals surface area contributed by atoms with E-state index in [0.717, 1.165) is 18.4 Å². The van der Waals surface area contributed by atoms with Gasteiger partial charge in [-0.15, -0.1) is 0 Å². The van der Waals surface area contributed by atoms with E-state index in [1.807, 2.05) is 6.92 Å². The maximum Gasteiger partial charge on any atom is 0.260 e. The van der Waals surface area contributed by atoms with E-state index in [1.165, 1.54) is 12.1 Å². The zero-order valence-corrected chi connectivity index (χ0v) is 17.2. The van der Waals surface area contributed by atoms with Gasteiger partial charge in [0, 0.05) is 29.6 Å².